The standard InChI is InChI=1S/C31H30ClN3O3S/c1-20-22(19-38-23-14-13-21(18-33-15-16-36)29(17-23)37-2)7-5-8-24(20)25-9-6-10-26-30(25)39-35-31(26)34-28-12-4-3-11-27(28)32/h3-14,17,33,36H,15-16,18-19H2,1-2H3,(H,34,35). The molecule has 0 fully saturated rings. The highest BCUT2D eigenvalue weighted by Crippen LogP contribution is 2.39. The van der Waals surface area contributed by atoms with Gasteiger partial charge in [-0.2, -0.15) is 4.37 Å². The number of rotatable bonds is 11. The summed E-state index contributed by atoms with van der Waals surface area (Å²) in [5.74, 6) is 2.29. The van der Waals surface area contributed by atoms with Crippen LogP contribution >= 0.6 is 23.1 Å². The average Bonchev–Trinajstić information content (AvgIpc) is 3.37. The number of aliphatic hydroxyl groups excluding tert-OH is 1. The van der Waals surface area contributed by atoms with Gasteiger partial charge in [0, 0.05) is 35.7 Å². The van der Waals surface area contributed by atoms with E-state index < -0.39 is 0 Å². The normalized spacial score (nSPS) is 11.1. The zero-order valence-corrected chi connectivity index (χ0v) is 23.4. The van der Waals surface area contributed by atoms with Crippen LogP contribution in [0.25, 0.3) is 21.2 Å². The lowest BCUT2D eigenvalue weighted by atomic mass is 9.96. The number of aliphatic hydroxyl groups is 1. The predicted molar refractivity (Wildman–Crippen MR) is 161 cm³/mol. The molecule has 0 unspecified atom stereocenters. The van der Waals surface area contributed by atoms with Crippen molar-refractivity contribution in [1.82, 2.24) is 9.69 Å². The second kappa shape index (κ2) is 12.5. The maximum absolute atomic E-state index is 9.00. The Bertz CT molecular complexity index is 1590. The van der Waals surface area contributed by atoms with Gasteiger partial charge in [0.2, 0.25) is 0 Å². The molecule has 8 heteroatoms. The van der Waals surface area contributed by atoms with Gasteiger partial charge < -0.3 is 25.2 Å². The number of hydrogen-bond donors (Lipinski definition) is 3. The zero-order chi connectivity index (χ0) is 27.2. The summed E-state index contributed by atoms with van der Waals surface area (Å²) in [6.45, 7) is 3.81. The van der Waals surface area contributed by atoms with Crippen molar-refractivity contribution in [2.45, 2.75) is 20.1 Å². The molecule has 0 atom stereocenters. The van der Waals surface area contributed by atoms with Crippen LogP contribution in [-0.2, 0) is 13.2 Å². The molecule has 0 aliphatic heterocycles. The lowest BCUT2D eigenvalue weighted by molar-refractivity contribution is 0.291. The zero-order valence-electron chi connectivity index (χ0n) is 21.8. The molecular formula is C31H30ClN3O3S. The second-order valence-corrected chi connectivity index (χ2v) is 10.3. The lowest BCUT2D eigenvalue weighted by Crippen LogP contribution is -2.17. The predicted octanol–water partition coefficient (Wildman–Crippen LogP) is 7.34. The third kappa shape index (κ3) is 6.02. The van der Waals surface area contributed by atoms with Crippen LogP contribution in [0.4, 0.5) is 11.5 Å². The van der Waals surface area contributed by atoms with E-state index in [9.17, 15) is 0 Å². The number of nitrogens with zero attached hydrogens (tertiary/aromatic N) is 1. The first-order chi connectivity index (χ1) is 19.1. The van der Waals surface area contributed by atoms with Crippen LogP contribution in [-0.4, -0.2) is 29.7 Å². The highest BCUT2D eigenvalue weighted by atomic mass is 35.5. The van der Waals surface area contributed by atoms with E-state index in [4.69, 9.17) is 30.6 Å². The van der Waals surface area contributed by atoms with Crippen molar-refractivity contribution in [3.8, 4) is 22.6 Å². The van der Waals surface area contributed by atoms with Crippen molar-refractivity contribution >= 4 is 44.7 Å². The fourth-order valence-corrected chi connectivity index (χ4v) is 5.56. The van der Waals surface area contributed by atoms with Crippen molar-refractivity contribution in [1.29, 1.82) is 0 Å². The largest absolute Gasteiger partial charge is 0.496 e. The van der Waals surface area contributed by atoms with Crippen LogP contribution in [0.3, 0.4) is 0 Å². The van der Waals surface area contributed by atoms with E-state index in [0.29, 0.717) is 24.7 Å². The molecule has 200 valence electrons. The quantitative estimate of drug-likeness (QED) is 0.147. The van der Waals surface area contributed by atoms with Gasteiger partial charge in [0.05, 0.1) is 29.1 Å². The molecule has 0 aliphatic carbocycles. The van der Waals surface area contributed by atoms with Crippen LogP contribution < -0.4 is 20.1 Å². The molecule has 0 aliphatic rings. The Labute approximate surface area is 237 Å². The van der Waals surface area contributed by atoms with Gasteiger partial charge in [-0.25, -0.2) is 0 Å². The third-order valence-electron chi connectivity index (χ3n) is 6.62. The van der Waals surface area contributed by atoms with Gasteiger partial charge >= 0.3 is 0 Å². The molecule has 3 N–H and O–H groups in total. The Balaban J connectivity index is 1.37. The summed E-state index contributed by atoms with van der Waals surface area (Å²) < 4.78 is 17.6. The van der Waals surface area contributed by atoms with E-state index in [1.54, 1.807) is 7.11 Å². The number of para-hydroxylation sites is 1. The monoisotopic (exact) mass is 559 g/mol. The van der Waals surface area contributed by atoms with Gasteiger partial charge in [0.25, 0.3) is 0 Å². The van der Waals surface area contributed by atoms with Gasteiger partial charge in [0.15, 0.2) is 5.82 Å². The van der Waals surface area contributed by atoms with E-state index >= 15 is 0 Å². The highest BCUT2D eigenvalue weighted by Gasteiger charge is 2.15. The van der Waals surface area contributed by atoms with E-state index in [1.165, 1.54) is 11.5 Å². The summed E-state index contributed by atoms with van der Waals surface area (Å²) in [6.07, 6.45) is 0. The molecule has 1 heterocycles. The van der Waals surface area contributed by atoms with Gasteiger partial charge in [-0.05, 0) is 59.4 Å². The van der Waals surface area contributed by atoms with Crippen molar-refractivity contribution in [3.05, 3.63) is 101 Å². The fourth-order valence-electron chi connectivity index (χ4n) is 4.51. The Morgan fingerprint density at radius 1 is 0.949 bits per heavy atom. The van der Waals surface area contributed by atoms with Crippen LogP contribution in [0, 0.1) is 6.92 Å². The molecule has 6 nitrogen and oxygen atoms in total. The molecule has 5 rings (SSSR count). The molecule has 5 aromatic rings. The smallest absolute Gasteiger partial charge is 0.152 e. The summed E-state index contributed by atoms with van der Waals surface area (Å²) in [5.41, 5.74) is 6.40. The number of fused-ring (bicyclic) bond motifs is 1. The van der Waals surface area contributed by atoms with Crippen LogP contribution in [0.15, 0.2) is 78.9 Å². The number of hydrogen-bond acceptors (Lipinski definition) is 7. The maximum atomic E-state index is 9.00. The summed E-state index contributed by atoms with van der Waals surface area (Å²) >= 11 is 7.84. The Hall–Kier alpha value is -3.62. The van der Waals surface area contributed by atoms with Crippen LogP contribution in [0.1, 0.15) is 16.7 Å². The molecule has 4 aromatic carbocycles. The SMILES string of the molecule is COc1cc(OCc2cccc(-c3cccc4c(Nc5ccccc5Cl)nsc34)c2C)ccc1CNCCO. The summed E-state index contributed by atoms with van der Waals surface area (Å²) in [6, 6.07) is 26.1. The van der Waals surface area contributed by atoms with Gasteiger partial charge in [-0.3, -0.25) is 0 Å². The number of halogens is 1. The number of benzene rings is 4. The minimum Gasteiger partial charge on any atom is -0.496 e. The number of nitrogens with one attached hydrogen (secondary N) is 2. The summed E-state index contributed by atoms with van der Waals surface area (Å²) in [5, 5.41) is 17.3. The van der Waals surface area contributed by atoms with Gasteiger partial charge in [0.1, 0.15) is 18.1 Å². The molecule has 0 saturated carbocycles. The Morgan fingerprint density at radius 3 is 2.59 bits per heavy atom. The van der Waals surface area contributed by atoms with Crippen molar-refractivity contribution in [2.75, 3.05) is 25.6 Å². The average molecular weight is 560 g/mol. The third-order valence-corrected chi connectivity index (χ3v) is 7.84. The van der Waals surface area contributed by atoms with Gasteiger partial charge in [-0.15, -0.1) is 0 Å². The number of aromatic nitrogens is 1. The molecule has 0 amide bonds. The van der Waals surface area contributed by atoms with Crippen LogP contribution in [0.2, 0.25) is 5.02 Å². The van der Waals surface area contributed by atoms with Crippen molar-refractivity contribution in [3.63, 3.8) is 0 Å². The molecule has 1 aromatic heterocycles. The minimum atomic E-state index is 0.0973. The van der Waals surface area contributed by atoms with Crippen LogP contribution in [0.5, 0.6) is 11.5 Å². The van der Waals surface area contributed by atoms with E-state index in [1.807, 2.05) is 42.5 Å². The molecule has 39 heavy (non-hydrogen) atoms. The first-order valence-electron chi connectivity index (χ1n) is 12.7. The Morgan fingerprint density at radius 2 is 1.77 bits per heavy atom. The highest BCUT2D eigenvalue weighted by molar-refractivity contribution is 7.14. The second-order valence-electron chi connectivity index (χ2n) is 9.07. The van der Waals surface area contributed by atoms with E-state index in [-0.39, 0.29) is 6.61 Å². The number of methoxy groups -OCH3 is 1. The first-order valence-corrected chi connectivity index (χ1v) is 13.8. The topological polar surface area (TPSA) is 75.6 Å². The summed E-state index contributed by atoms with van der Waals surface area (Å²) in [4.78, 5) is 0. The van der Waals surface area contributed by atoms with Crippen molar-refractivity contribution < 1.29 is 14.6 Å². The van der Waals surface area contributed by atoms with Gasteiger partial charge in [-0.1, -0.05) is 60.1 Å². The molecular weight excluding hydrogens is 530 g/mol. The molecule has 0 radical (unpaired) electrons. The molecule has 0 bridgehead atoms. The Kier molecular flexibility index (Phi) is 8.64. The maximum Gasteiger partial charge on any atom is 0.152 e. The number of ether oxygens (including phenoxy) is 2. The lowest BCUT2D eigenvalue weighted by Gasteiger charge is -2.15. The first kappa shape index (κ1) is 27.0. The van der Waals surface area contributed by atoms with E-state index in [0.717, 1.165) is 60.9 Å². The van der Waals surface area contributed by atoms with Crippen molar-refractivity contribution in [2.24, 2.45) is 0 Å². The molecule has 0 spiro atoms. The molecule has 0 saturated heterocycles. The summed E-state index contributed by atoms with van der Waals surface area (Å²) in [7, 11) is 1.65. The fraction of sp³-hybridized carbons (Fsp3) is 0.194. The van der Waals surface area contributed by atoms with E-state index in [2.05, 4.69) is 54.0 Å². The minimum absolute atomic E-state index is 0.0973. The number of anilines is 2.